The van der Waals surface area contributed by atoms with Crippen molar-refractivity contribution in [2.75, 3.05) is 30.0 Å². The van der Waals surface area contributed by atoms with Gasteiger partial charge < -0.3 is 15.0 Å². The quantitative estimate of drug-likeness (QED) is 0.770. The van der Waals surface area contributed by atoms with E-state index >= 15 is 0 Å². The van der Waals surface area contributed by atoms with E-state index in [2.05, 4.69) is 11.4 Å². The second-order valence-electron chi connectivity index (χ2n) is 6.48. The molecule has 0 saturated heterocycles. The molecule has 0 bridgehead atoms. The summed E-state index contributed by atoms with van der Waals surface area (Å²) in [6.07, 6.45) is 0.823. The van der Waals surface area contributed by atoms with Crippen LogP contribution < -0.4 is 10.1 Å². The fourth-order valence-corrected chi connectivity index (χ4v) is 3.77. The van der Waals surface area contributed by atoms with Gasteiger partial charge in [0.15, 0.2) is 0 Å². The molecule has 2 aromatic rings. The van der Waals surface area contributed by atoms with Gasteiger partial charge in [0.1, 0.15) is 11.6 Å². The number of anilines is 1. The van der Waals surface area contributed by atoms with Crippen molar-refractivity contribution in [1.82, 2.24) is 4.90 Å². The van der Waals surface area contributed by atoms with E-state index < -0.39 is 0 Å². The summed E-state index contributed by atoms with van der Waals surface area (Å²) in [5, 5.41) is 2.69. The first-order valence-electron chi connectivity index (χ1n) is 9.20. The number of hydrogen-bond donors (Lipinski definition) is 1. The molecule has 1 aliphatic heterocycles. The fourth-order valence-electron chi connectivity index (χ4n) is 3.06. The average Bonchev–Trinajstić information content (AvgIpc) is 2.69. The molecule has 28 heavy (non-hydrogen) atoms. The Morgan fingerprint density at radius 1 is 1.14 bits per heavy atom. The standard InChI is InChI=1S/C21H23FN2O3S/c1-2-27-19-8-3-15-9-10-24(12-16(15)11-19)21(26)14-28-13-20(25)23-18-6-4-17(22)5-7-18/h3-8,11H,2,9-10,12-14H2,1H3,(H,23,25). The Kier molecular flexibility index (Phi) is 6.92. The van der Waals surface area contributed by atoms with Gasteiger partial charge in [-0.1, -0.05) is 6.07 Å². The molecule has 0 atom stereocenters. The van der Waals surface area contributed by atoms with Crippen LogP contribution in [0.25, 0.3) is 0 Å². The lowest BCUT2D eigenvalue weighted by Crippen LogP contribution is -2.37. The summed E-state index contributed by atoms with van der Waals surface area (Å²) in [6.45, 7) is 3.80. The molecule has 0 spiro atoms. The number of rotatable bonds is 7. The summed E-state index contributed by atoms with van der Waals surface area (Å²) < 4.78 is 18.4. The highest BCUT2D eigenvalue weighted by Crippen LogP contribution is 2.24. The number of benzene rings is 2. The van der Waals surface area contributed by atoms with Crippen LogP contribution in [-0.4, -0.2) is 41.4 Å². The van der Waals surface area contributed by atoms with Gasteiger partial charge in [0.2, 0.25) is 11.8 Å². The minimum atomic E-state index is -0.352. The number of thioether (sulfide) groups is 1. The highest BCUT2D eigenvalue weighted by Gasteiger charge is 2.21. The molecule has 1 heterocycles. The molecule has 0 radical (unpaired) electrons. The van der Waals surface area contributed by atoms with E-state index in [1.807, 2.05) is 24.0 Å². The third kappa shape index (κ3) is 5.48. The van der Waals surface area contributed by atoms with Crippen LogP contribution in [0.1, 0.15) is 18.1 Å². The Balaban J connectivity index is 1.45. The van der Waals surface area contributed by atoms with Crippen LogP contribution >= 0.6 is 11.8 Å². The molecule has 1 aliphatic rings. The van der Waals surface area contributed by atoms with Crippen molar-refractivity contribution in [3.05, 3.63) is 59.4 Å². The van der Waals surface area contributed by atoms with Gasteiger partial charge in [-0.05, 0) is 60.9 Å². The van der Waals surface area contributed by atoms with Crippen molar-refractivity contribution in [1.29, 1.82) is 0 Å². The van der Waals surface area contributed by atoms with E-state index in [-0.39, 0.29) is 29.1 Å². The summed E-state index contributed by atoms with van der Waals surface area (Å²) in [5.41, 5.74) is 2.90. The van der Waals surface area contributed by atoms with Gasteiger partial charge in [0.05, 0.1) is 18.1 Å². The van der Waals surface area contributed by atoms with Crippen LogP contribution in [0.2, 0.25) is 0 Å². The molecule has 148 valence electrons. The second-order valence-corrected chi connectivity index (χ2v) is 7.46. The Morgan fingerprint density at radius 2 is 1.93 bits per heavy atom. The Hall–Kier alpha value is -2.54. The van der Waals surface area contributed by atoms with E-state index in [0.717, 1.165) is 17.7 Å². The maximum atomic E-state index is 12.9. The zero-order valence-electron chi connectivity index (χ0n) is 15.7. The fraction of sp³-hybridized carbons (Fsp3) is 0.333. The maximum absolute atomic E-state index is 12.9. The summed E-state index contributed by atoms with van der Waals surface area (Å²) in [6, 6.07) is 11.6. The number of fused-ring (bicyclic) bond motifs is 1. The highest BCUT2D eigenvalue weighted by molar-refractivity contribution is 8.00. The van der Waals surface area contributed by atoms with Gasteiger partial charge in [-0.2, -0.15) is 0 Å². The lowest BCUT2D eigenvalue weighted by atomic mass is 9.99. The van der Waals surface area contributed by atoms with Crippen molar-refractivity contribution in [2.24, 2.45) is 0 Å². The molecule has 7 heteroatoms. The molecule has 0 fully saturated rings. The predicted octanol–water partition coefficient (Wildman–Crippen LogP) is 3.48. The smallest absolute Gasteiger partial charge is 0.234 e. The first kappa shape index (κ1) is 20.2. The van der Waals surface area contributed by atoms with Crippen molar-refractivity contribution in [2.45, 2.75) is 19.9 Å². The summed E-state index contributed by atoms with van der Waals surface area (Å²) in [4.78, 5) is 26.3. The third-order valence-electron chi connectivity index (χ3n) is 4.44. The molecule has 2 aromatic carbocycles. The van der Waals surface area contributed by atoms with Crippen LogP contribution in [0.5, 0.6) is 5.75 Å². The molecule has 2 amide bonds. The minimum Gasteiger partial charge on any atom is -0.494 e. The summed E-state index contributed by atoms with van der Waals surface area (Å²) in [7, 11) is 0. The van der Waals surface area contributed by atoms with Crippen molar-refractivity contribution in [3.8, 4) is 5.75 Å². The van der Waals surface area contributed by atoms with E-state index in [9.17, 15) is 14.0 Å². The highest BCUT2D eigenvalue weighted by atomic mass is 32.2. The average molecular weight is 402 g/mol. The number of nitrogens with zero attached hydrogens (tertiary/aromatic N) is 1. The monoisotopic (exact) mass is 402 g/mol. The van der Waals surface area contributed by atoms with E-state index in [0.29, 0.717) is 25.4 Å². The van der Waals surface area contributed by atoms with E-state index in [4.69, 9.17) is 4.74 Å². The zero-order chi connectivity index (χ0) is 19.9. The van der Waals surface area contributed by atoms with Gasteiger partial charge in [0.25, 0.3) is 0 Å². The largest absolute Gasteiger partial charge is 0.494 e. The van der Waals surface area contributed by atoms with Gasteiger partial charge in [0, 0.05) is 18.8 Å². The number of carbonyl (C=O) groups excluding carboxylic acids is 2. The molecule has 0 saturated carbocycles. The normalized spacial score (nSPS) is 13.0. The lowest BCUT2D eigenvalue weighted by Gasteiger charge is -2.29. The first-order valence-corrected chi connectivity index (χ1v) is 10.4. The third-order valence-corrected chi connectivity index (χ3v) is 5.36. The molecule has 0 unspecified atom stereocenters. The van der Waals surface area contributed by atoms with Gasteiger partial charge in [-0.25, -0.2) is 4.39 Å². The molecule has 1 N–H and O–H groups in total. The van der Waals surface area contributed by atoms with Crippen LogP contribution in [0, 0.1) is 5.82 Å². The second kappa shape index (κ2) is 9.59. The Bertz CT molecular complexity index is 842. The zero-order valence-corrected chi connectivity index (χ0v) is 16.6. The summed E-state index contributed by atoms with van der Waals surface area (Å²) in [5.74, 6) is 0.693. The molecule has 3 rings (SSSR count). The van der Waals surface area contributed by atoms with Crippen LogP contribution in [0.4, 0.5) is 10.1 Å². The SMILES string of the molecule is CCOc1ccc2c(c1)CN(C(=O)CSCC(=O)Nc1ccc(F)cc1)CC2. The molecular formula is C21H23FN2O3S. The maximum Gasteiger partial charge on any atom is 0.234 e. The van der Waals surface area contributed by atoms with Crippen molar-refractivity contribution >= 4 is 29.3 Å². The first-order chi connectivity index (χ1) is 13.5. The number of hydrogen-bond acceptors (Lipinski definition) is 4. The van der Waals surface area contributed by atoms with Crippen molar-refractivity contribution in [3.63, 3.8) is 0 Å². The number of amides is 2. The topological polar surface area (TPSA) is 58.6 Å². The predicted molar refractivity (Wildman–Crippen MR) is 109 cm³/mol. The Labute approximate surface area is 168 Å². The summed E-state index contributed by atoms with van der Waals surface area (Å²) >= 11 is 1.28. The lowest BCUT2D eigenvalue weighted by molar-refractivity contribution is -0.129. The van der Waals surface area contributed by atoms with Crippen molar-refractivity contribution < 1.29 is 18.7 Å². The molecular weight excluding hydrogens is 379 g/mol. The number of carbonyl (C=O) groups is 2. The van der Waals surface area contributed by atoms with Crippen LogP contribution in [0.3, 0.4) is 0 Å². The van der Waals surface area contributed by atoms with Gasteiger partial charge >= 0.3 is 0 Å². The van der Waals surface area contributed by atoms with Crippen LogP contribution in [0.15, 0.2) is 42.5 Å². The molecule has 5 nitrogen and oxygen atoms in total. The minimum absolute atomic E-state index is 0.0204. The number of nitrogens with one attached hydrogen (secondary N) is 1. The van der Waals surface area contributed by atoms with Gasteiger partial charge in [-0.15, -0.1) is 11.8 Å². The van der Waals surface area contributed by atoms with Gasteiger partial charge in [-0.3, -0.25) is 9.59 Å². The molecule has 0 aromatic heterocycles. The molecule has 0 aliphatic carbocycles. The van der Waals surface area contributed by atoms with E-state index in [1.54, 1.807) is 0 Å². The van der Waals surface area contributed by atoms with Crippen LogP contribution in [-0.2, 0) is 22.6 Å². The number of halogens is 1. The number of ether oxygens (including phenoxy) is 1. The Morgan fingerprint density at radius 3 is 2.68 bits per heavy atom. The van der Waals surface area contributed by atoms with E-state index in [1.165, 1.54) is 41.6 Å².